The van der Waals surface area contributed by atoms with Crippen LogP contribution in [0.2, 0.25) is 0 Å². The summed E-state index contributed by atoms with van der Waals surface area (Å²) in [4.78, 5) is 18.7. The number of nitrogens with zero attached hydrogens (tertiary/aromatic N) is 1. The SMILES string of the molecule is Cc1ccc(-c2cnc(C3(C(=O)O)CC3)[nH]2)c(C)c1. The van der Waals surface area contributed by atoms with Crippen LogP contribution in [0.1, 0.15) is 29.8 Å². The highest BCUT2D eigenvalue weighted by Crippen LogP contribution is 2.47. The number of carboxylic acid groups (broad SMARTS) is 1. The number of hydrogen-bond donors (Lipinski definition) is 2. The summed E-state index contributed by atoms with van der Waals surface area (Å²) in [5, 5.41) is 9.27. The molecule has 0 bridgehead atoms. The molecule has 4 nitrogen and oxygen atoms in total. The maximum Gasteiger partial charge on any atom is 0.317 e. The Morgan fingerprint density at radius 2 is 2.11 bits per heavy atom. The second-order valence-corrected chi connectivity index (χ2v) is 5.35. The van der Waals surface area contributed by atoms with Gasteiger partial charge in [-0.2, -0.15) is 0 Å². The largest absolute Gasteiger partial charge is 0.480 e. The Morgan fingerprint density at radius 3 is 2.68 bits per heavy atom. The molecule has 98 valence electrons. The average molecular weight is 256 g/mol. The topological polar surface area (TPSA) is 66.0 Å². The smallest absolute Gasteiger partial charge is 0.317 e. The van der Waals surface area contributed by atoms with Crippen LogP contribution in [0.5, 0.6) is 0 Å². The number of imidazole rings is 1. The standard InChI is InChI=1S/C15H16N2O2/c1-9-3-4-11(10(2)7-9)12-8-16-13(17-12)15(5-6-15)14(18)19/h3-4,7-8H,5-6H2,1-2H3,(H,16,17)(H,18,19). The van der Waals surface area contributed by atoms with E-state index < -0.39 is 11.4 Å². The van der Waals surface area contributed by atoms with Crippen LogP contribution in [0.25, 0.3) is 11.3 Å². The summed E-state index contributed by atoms with van der Waals surface area (Å²) in [6.45, 7) is 4.10. The molecule has 0 amide bonds. The third-order valence-electron chi connectivity index (χ3n) is 3.86. The molecule has 1 aromatic heterocycles. The van der Waals surface area contributed by atoms with E-state index in [9.17, 15) is 9.90 Å². The fourth-order valence-corrected chi connectivity index (χ4v) is 2.49. The normalized spacial score (nSPS) is 16.3. The van der Waals surface area contributed by atoms with Gasteiger partial charge in [0.15, 0.2) is 0 Å². The molecule has 1 fully saturated rings. The van der Waals surface area contributed by atoms with E-state index in [4.69, 9.17) is 0 Å². The van der Waals surface area contributed by atoms with Crippen LogP contribution in [-0.4, -0.2) is 21.0 Å². The molecule has 0 radical (unpaired) electrons. The lowest BCUT2D eigenvalue weighted by atomic mass is 10.0. The predicted octanol–water partition coefficient (Wildman–Crippen LogP) is 2.81. The van der Waals surface area contributed by atoms with Crippen molar-refractivity contribution in [2.45, 2.75) is 32.1 Å². The number of aliphatic carboxylic acids is 1. The molecule has 0 spiro atoms. The number of aryl methyl sites for hydroxylation is 2. The predicted molar refractivity (Wildman–Crippen MR) is 72.0 cm³/mol. The van der Waals surface area contributed by atoms with Crippen molar-refractivity contribution in [1.29, 1.82) is 0 Å². The highest BCUT2D eigenvalue weighted by atomic mass is 16.4. The quantitative estimate of drug-likeness (QED) is 0.887. The zero-order valence-corrected chi connectivity index (χ0v) is 11.0. The molecule has 1 aliphatic rings. The van der Waals surface area contributed by atoms with E-state index >= 15 is 0 Å². The van der Waals surface area contributed by atoms with Gasteiger partial charge >= 0.3 is 5.97 Å². The fourth-order valence-electron chi connectivity index (χ4n) is 2.49. The third-order valence-corrected chi connectivity index (χ3v) is 3.86. The van der Waals surface area contributed by atoms with Gasteiger partial charge in [-0.1, -0.05) is 23.8 Å². The summed E-state index contributed by atoms with van der Waals surface area (Å²) in [7, 11) is 0. The average Bonchev–Trinajstić information content (AvgIpc) is 3.03. The number of carbonyl (C=O) groups is 1. The number of aromatic nitrogens is 2. The van der Waals surface area contributed by atoms with Crippen molar-refractivity contribution in [3.8, 4) is 11.3 Å². The summed E-state index contributed by atoms with van der Waals surface area (Å²) < 4.78 is 0. The minimum atomic E-state index is -0.783. The lowest BCUT2D eigenvalue weighted by Crippen LogP contribution is -2.20. The lowest BCUT2D eigenvalue weighted by molar-refractivity contribution is -0.140. The highest BCUT2D eigenvalue weighted by Gasteiger charge is 2.54. The number of hydrogen-bond acceptors (Lipinski definition) is 2. The van der Waals surface area contributed by atoms with Crippen LogP contribution in [0, 0.1) is 13.8 Å². The molecule has 4 heteroatoms. The van der Waals surface area contributed by atoms with Crippen LogP contribution >= 0.6 is 0 Å². The molecule has 0 unspecified atom stereocenters. The van der Waals surface area contributed by atoms with Crippen molar-refractivity contribution in [1.82, 2.24) is 9.97 Å². The first-order valence-electron chi connectivity index (χ1n) is 6.39. The van der Waals surface area contributed by atoms with E-state index in [0.29, 0.717) is 18.7 Å². The second-order valence-electron chi connectivity index (χ2n) is 5.35. The molecular formula is C15H16N2O2. The van der Waals surface area contributed by atoms with E-state index in [1.54, 1.807) is 6.20 Å². The summed E-state index contributed by atoms with van der Waals surface area (Å²) in [5.74, 6) is -0.205. The first-order chi connectivity index (χ1) is 9.03. The van der Waals surface area contributed by atoms with Crippen molar-refractivity contribution in [3.05, 3.63) is 41.3 Å². The Hall–Kier alpha value is -2.10. The van der Waals surface area contributed by atoms with E-state index in [0.717, 1.165) is 16.8 Å². The molecular weight excluding hydrogens is 240 g/mol. The lowest BCUT2D eigenvalue weighted by Gasteiger charge is -2.06. The summed E-state index contributed by atoms with van der Waals surface area (Å²) in [6.07, 6.45) is 3.07. The van der Waals surface area contributed by atoms with Crippen LogP contribution < -0.4 is 0 Å². The van der Waals surface area contributed by atoms with Crippen molar-refractivity contribution in [3.63, 3.8) is 0 Å². The van der Waals surface area contributed by atoms with Gasteiger partial charge in [0.2, 0.25) is 0 Å². The van der Waals surface area contributed by atoms with Crippen molar-refractivity contribution in [2.24, 2.45) is 0 Å². The summed E-state index contributed by atoms with van der Waals surface area (Å²) in [6, 6.07) is 6.20. The first kappa shape index (κ1) is 12.0. The Kier molecular flexibility index (Phi) is 2.49. The van der Waals surface area contributed by atoms with Gasteiger partial charge in [0, 0.05) is 5.56 Å². The summed E-state index contributed by atoms with van der Waals surface area (Å²) >= 11 is 0. The molecule has 1 aromatic carbocycles. The van der Waals surface area contributed by atoms with Gasteiger partial charge in [-0.05, 0) is 32.3 Å². The Labute approximate surface area is 111 Å². The molecule has 2 N–H and O–H groups in total. The van der Waals surface area contributed by atoms with Crippen LogP contribution in [0.4, 0.5) is 0 Å². The Balaban J connectivity index is 2.00. The maximum atomic E-state index is 11.3. The molecule has 1 aliphatic carbocycles. The number of nitrogens with one attached hydrogen (secondary N) is 1. The van der Waals surface area contributed by atoms with Gasteiger partial charge < -0.3 is 10.1 Å². The Bertz CT molecular complexity index is 654. The Morgan fingerprint density at radius 1 is 1.37 bits per heavy atom. The number of aromatic amines is 1. The van der Waals surface area contributed by atoms with Gasteiger partial charge in [-0.15, -0.1) is 0 Å². The summed E-state index contributed by atoms with van der Waals surface area (Å²) in [5.41, 5.74) is 3.57. The van der Waals surface area contributed by atoms with Crippen molar-refractivity contribution >= 4 is 5.97 Å². The molecule has 0 aliphatic heterocycles. The second kappa shape index (κ2) is 3.95. The molecule has 3 rings (SSSR count). The van der Waals surface area contributed by atoms with Gasteiger partial charge in [0.1, 0.15) is 11.2 Å². The van der Waals surface area contributed by atoms with E-state index in [2.05, 4.69) is 23.0 Å². The number of rotatable bonds is 3. The minimum absolute atomic E-state index is 0.579. The molecule has 1 saturated carbocycles. The molecule has 0 saturated heterocycles. The van der Waals surface area contributed by atoms with Gasteiger partial charge in [-0.3, -0.25) is 4.79 Å². The maximum absolute atomic E-state index is 11.3. The van der Waals surface area contributed by atoms with E-state index in [-0.39, 0.29) is 0 Å². The molecule has 1 heterocycles. The monoisotopic (exact) mass is 256 g/mol. The van der Waals surface area contributed by atoms with E-state index in [1.807, 2.05) is 19.1 Å². The van der Waals surface area contributed by atoms with Gasteiger partial charge in [0.25, 0.3) is 0 Å². The molecule has 0 atom stereocenters. The zero-order valence-electron chi connectivity index (χ0n) is 11.0. The number of benzene rings is 1. The number of H-pyrrole nitrogens is 1. The minimum Gasteiger partial charge on any atom is -0.480 e. The van der Waals surface area contributed by atoms with Crippen LogP contribution in [-0.2, 0) is 10.2 Å². The van der Waals surface area contributed by atoms with Crippen molar-refractivity contribution < 1.29 is 9.90 Å². The van der Waals surface area contributed by atoms with Crippen LogP contribution in [0.3, 0.4) is 0 Å². The molecule has 2 aromatic rings. The van der Waals surface area contributed by atoms with Gasteiger partial charge in [-0.25, -0.2) is 4.98 Å². The van der Waals surface area contributed by atoms with Crippen molar-refractivity contribution in [2.75, 3.05) is 0 Å². The zero-order chi connectivity index (χ0) is 13.6. The number of carboxylic acids is 1. The third kappa shape index (κ3) is 1.84. The highest BCUT2D eigenvalue weighted by molar-refractivity contribution is 5.84. The molecule has 19 heavy (non-hydrogen) atoms. The fraction of sp³-hybridized carbons (Fsp3) is 0.333. The van der Waals surface area contributed by atoms with Gasteiger partial charge in [0.05, 0.1) is 11.9 Å². The van der Waals surface area contributed by atoms with E-state index in [1.165, 1.54) is 5.56 Å². The first-order valence-corrected chi connectivity index (χ1v) is 6.39. The van der Waals surface area contributed by atoms with Crippen LogP contribution in [0.15, 0.2) is 24.4 Å².